The molecule has 1 atom stereocenters. The Hall–Kier alpha value is -3.95. The van der Waals surface area contributed by atoms with Gasteiger partial charge in [-0.1, -0.05) is 47.7 Å². The van der Waals surface area contributed by atoms with E-state index < -0.39 is 12.0 Å². The molecule has 2 heterocycles. The second kappa shape index (κ2) is 12.3. The highest BCUT2D eigenvalue weighted by atomic mass is 32.2. The number of carbonyl (C=O) groups excluding carboxylic acids is 1. The minimum atomic E-state index is -0.655. The van der Waals surface area contributed by atoms with Gasteiger partial charge in [0, 0.05) is 4.90 Å². The number of hydrogen-bond donors (Lipinski definition) is 0. The molecule has 0 spiro atoms. The Morgan fingerprint density at radius 3 is 2.39 bits per heavy atom. The summed E-state index contributed by atoms with van der Waals surface area (Å²) in [5, 5.41) is 0. The van der Waals surface area contributed by atoms with Crippen LogP contribution in [0.1, 0.15) is 43.5 Å². The maximum atomic E-state index is 13.8. The zero-order valence-electron chi connectivity index (χ0n) is 23.1. The van der Waals surface area contributed by atoms with E-state index in [1.54, 1.807) is 49.2 Å². The van der Waals surface area contributed by atoms with Crippen LogP contribution in [0.2, 0.25) is 0 Å². The number of carbonyl (C=O) groups is 1. The third-order valence-electron chi connectivity index (χ3n) is 6.51. The number of thioether (sulfide) groups is 1. The fraction of sp³-hybridized carbons (Fsp3) is 0.219. The molecule has 3 aromatic carbocycles. The Kier molecular flexibility index (Phi) is 8.56. The first-order chi connectivity index (χ1) is 19.7. The van der Waals surface area contributed by atoms with Gasteiger partial charge in [0.25, 0.3) is 5.56 Å². The Morgan fingerprint density at radius 2 is 1.76 bits per heavy atom. The van der Waals surface area contributed by atoms with Crippen LogP contribution in [0, 0.1) is 5.82 Å². The van der Waals surface area contributed by atoms with Crippen LogP contribution in [0.5, 0.6) is 5.75 Å². The molecule has 1 aromatic heterocycles. The van der Waals surface area contributed by atoms with E-state index in [9.17, 15) is 14.0 Å². The zero-order valence-corrected chi connectivity index (χ0v) is 24.7. The van der Waals surface area contributed by atoms with Crippen LogP contribution >= 0.6 is 23.1 Å². The van der Waals surface area contributed by atoms with Gasteiger partial charge in [0.05, 0.1) is 27.9 Å². The number of fused-ring (bicyclic) bond motifs is 1. The van der Waals surface area contributed by atoms with E-state index in [0.29, 0.717) is 33.0 Å². The molecule has 0 N–H and O–H groups in total. The highest BCUT2D eigenvalue weighted by Gasteiger charge is 2.33. The van der Waals surface area contributed by atoms with Crippen LogP contribution in [0.4, 0.5) is 4.39 Å². The molecule has 0 radical (unpaired) electrons. The van der Waals surface area contributed by atoms with Gasteiger partial charge in [0.15, 0.2) is 4.80 Å². The highest BCUT2D eigenvalue weighted by molar-refractivity contribution is 7.98. The molecule has 0 fully saturated rings. The van der Waals surface area contributed by atoms with Crippen molar-refractivity contribution < 1.29 is 18.7 Å². The molecular weight excluding hydrogens is 559 g/mol. The Morgan fingerprint density at radius 1 is 1.07 bits per heavy atom. The molecule has 9 heteroatoms. The fourth-order valence-electron chi connectivity index (χ4n) is 4.52. The van der Waals surface area contributed by atoms with Crippen molar-refractivity contribution in [3.63, 3.8) is 0 Å². The quantitative estimate of drug-likeness (QED) is 0.197. The average molecular weight is 589 g/mol. The number of allylic oxidation sites excluding steroid dienone is 1. The van der Waals surface area contributed by atoms with Gasteiger partial charge in [-0.05, 0) is 86.2 Å². The summed E-state index contributed by atoms with van der Waals surface area (Å²) in [6, 6.07) is 20.8. The van der Waals surface area contributed by atoms with Gasteiger partial charge in [-0.25, -0.2) is 14.2 Å². The van der Waals surface area contributed by atoms with Gasteiger partial charge < -0.3 is 9.47 Å². The molecule has 1 aliphatic rings. The molecule has 0 aliphatic carbocycles. The Balaban J connectivity index is 1.49. The van der Waals surface area contributed by atoms with Crippen molar-refractivity contribution in [2.75, 3.05) is 6.26 Å². The third-order valence-corrected chi connectivity index (χ3v) is 8.24. The predicted molar refractivity (Wildman–Crippen MR) is 160 cm³/mol. The second-order valence-corrected chi connectivity index (χ2v) is 11.7. The molecule has 0 saturated heterocycles. The zero-order chi connectivity index (χ0) is 29.1. The number of hydrogen-bond acceptors (Lipinski definition) is 7. The molecule has 4 aromatic rings. The average Bonchev–Trinajstić information content (AvgIpc) is 3.26. The predicted octanol–water partition coefficient (Wildman–Crippen LogP) is 5.63. The standard InChI is InChI=1S/C32H29FN2O4S2/c1-19(2)39-31(37)28-20(3)34-32-35(29(28)23-9-15-26(40-4)16-10-23)30(36)27(41-32)17-21-7-13-25(14-8-21)38-18-22-5-11-24(33)12-6-22/h5-17,19,29H,18H2,1-4H3/b27-17-/t29-/m0/s1. The Labute approximate surface area is 245 Å². The van der Waals surface area contributed by atoms with Gasteiger partial charge in [0.2, 0.25) is 0 Å². The highest BCUT2D eigenvalue weighted by Crippen LogP contribution is 2.32. The molecule has 6 nitrogen and oxygen atoms in total. The number of halogens is 1. The molecule has 1 aliphatic heterocycles. The lowest BCUT2D eigenvalue weighted by atomic mass is 9.96. The normalized spacial score (nSPS) is 15.1. The number of esters is 1. The minimum absolute atomic E-state index is 0.230. The van der Waals surface area contributed by atoms with Crippen molar-refractivity contribution >= 4 is 35.1 Å². The van der Waals surface area contributed by atoms with Crippen LogP contribution in [0.3, 0.4) is 0 Å². The van der Waals surface area contributed by atoms with E-state index in [1.165, 1.54) is 23.5 Å². The van der Waals surface area contributed by atoms with E-state index in [-0.39, 0.29) is 17.5 Å². The number of thiazole rings is 1. The summed E-state index contributed by atoms with van der Waals surface area (Å²) in [4.78, 5) is 33.3. The second-order valence-electron chi connectivity index (χ2n) is 9.79. The van der Waals surface area contributed by atoms with Gasteiger partial charge in [-0.2, -0.15) is 0 Å². The number of nitrogens with zero attached hydrogens (tertiary/aromatic N) is 2. The summed E-state index contributed by atoms with van der Waals surface area (Å²) in [6.45, 7) is 5.69. The monoisotopic (exact) mass is 588 g/mol. The lowest BCUT2D eigenvalue weighted by Crippen LogP contribution is -2.40. The first kappa shape index (κ1) is 28.6. The van der Waals surface area contributed by atoms with Crippen molar-refractivity contribution in [1.82, 2.24) is 4.57 Å². The van der Waals surface area contributed by atoms with Crippen LogP contribution in [0.15, 0.2) is 98.7 Å². The van der Waals surface area contributed by atoms with Gasteiger partial charge in [-0.3, -0.25) is 9.36 Å². The van der Waals surface area contributed by atoms with Crippen LogP contribution in [0.25, 0.3) is 6.08 Å². The van der Waals surface area contributed by atoms with Crippen molar-refractivity contribution in [1.29, 1.82) is 0 Å². The fourth-order valence-corrected chi connectivity index (χ4v) is 5.98. The van der Waals surface area contributed by atoms with E-state index in [2.05, 4.69) is 4.99 Å². The maximum Gasteiger partial charge on any atom is 0.338 e. The molecular formula is C32H29FN2O4S2. The van der Waals surface area contributed by atoms with Crippen LogP contribution < -0.4 is 19.6 Å². The number of ether oxygens (including phenoxy) is 2. The topological polar surface area (TPSA) is 69.9 Å². The molecule has 41 heavy (non-hydrogen) atoms. The van der Waals surface area contributed by atoms with Gasteiger partial charge in [-0.15, -0.1) is 11.8 Å². The smallest absolute Gasteiger partial charge is 0.338 e. The molecule has 5 rings (SSSR count). The third kappa shape index (κ3) is 6.36. The lowest BCUT2D eigenvalue weighted by molar-refractivity contribution is -0.143. The van der Waals surface area contributed by atoms with Gasteiger partial charge in [0.1, 0.15) is 18.2 Å². The van der Waals surface area contributed by atoms with Crippen LogP contribution in [-0.2, 0) is 16.1 Å². The summed E-state index contributed by atoms with van der Waals surface area (Å²) in [6.07, 6.45) is 3.50. The molecule has 210 valence electrons. The summed E-state index contributed by atoms with van der Waals surface area (Å²) >= 11 is 2.90. The van der Waals surface area contributed by atoms with E-state index in [4.69, 9.17) is 9.47 Å². The molecule has 0 bridgehead atoms. The number of rotatable bonds is 8. The van der Waals surface area contributed by atoms with E-state index in [0.717, 1.165) is 21.6 Å². The Bertz CT molecular complexity index is 1770. The van der Waals surface area contributed by atoms with E-state index >= 15 is 0 Å². The van der Waals surface area contributed by atoms with Crippen molar-refractivity contribution in [2.24, 2.45) is 4.99 Å². The first-order valence-electron chi connectivity index (χ1n) is 13.1. The summed E-state index contributed by atoms with van der Waals surface area (Å²) in [5.74, 6) is -0.110. The van der Waals surface area contributed by atoms with Crippen molar-refractivity contribution in [2.45, 2.75) is 44.4 Å². The first-order valence-corrected chi connectivity index (χ1v) is 15.1. The number of aromatic nitrogens is 1. The lowest BCUT2D eigenvalue weighted by Gasteiger charge is -2.25. The molecule has 0 amide bonds. The summed E-state index contributed by atoms with van der Waals surface area (Å²) in [7, 11) is 0. The maximum absolute atomic E-state index is 13.8. The van der Waals surface area contributed by atoms with Crippen molar-refractivity contribution in [3.8, 4) is 5.75 Å². The molecule has 0 unspecified atom stereocenters. The van der Waals surface area contributed by atoms with Crippen LogP contribution in [-0.4, -0.2) is 22.9 Å². The summed E-state index contributed by atoms with van der Waals surface area (Å²) in [5.41, 5.74) is 3.15. The minimum Gasteiger partial charge on any atom is -0.489 e. The number of benzene rings is 3. The molecule has 0 saturated carbocycles. The largest absolute Gasteiger partial charge is 0.489 e. The van der Waals surface area contributed by atoms with Crippen molar-refractivity contribution in [3.05, 3.63) is 126 Å². The van der Waals surface area contributed by atoms with Gasteiger partial charge >= 0.3 is 5.97 Å². The SMILES string of the molecule is CSc1ccc([C@H]2C(C(=O)OC(C)C)=C(C)N=c3s/c(=C\c4ccc(OCc5ccc(F)cc5)cc4)c(=O)n32)cc1. The summed E-state index contributed by atoms with van der Waals surface area (Å²) < 4.78 is 26.6. The van der Waals surface area contributed by atoms with E-state index in [1.807, 2.05) is 60.9 Å².